The summed E-state index contributed by atoms with van der Waals surface area (Å²) in [5, 5.41) is 2.92. The van der Waals surface area contributed by atoms with Crippen molar-refractivity contribution in [3.63, 3.8) is 0 Å². The van der Waals surface area contributed by atoms with E-state index in [-0.39, 0.29) is 5.82 Å². The number of rotatable bonds is 2. The van der Waals surface area contributed by atoms with Crippen LogP contribution in [-0.4, -0.2) is 35.2 Å². The van der Waals surface area contributed by atoms with E-state index in [1.165, 1.54) is 0 Å². The molecule has 1 aliphatic heterocycles. The quantitative estimate of drug-likeness (QED) is 0.647. The van der Waals surface area contributed by atoms with Crippen molar-refractivity contribution in [1.82, 2.24) is 15.3 Å². The molecule has 1 aliphatic rings. The summed E-state index contributed by atoms with van der Waals surface area (Å²) in [4.78, 5) is 17.7. The topological polar surface area (TPSA) is 64.1 Å². The number of hydrogen-bond acceptors (Lipinski definition) is 5. The molecule has 2 rings (SSSR count). The number of hydrogen-bond donors (Lipinski definition) is 1. The number of carbonyl (C=O) groups is 1. The molecule has 0 unspecified atom stereocenters. The minimum Gasteiger partial charge on any atom is -0.397 e. The van der Waals surface area contributed by atoms with Crippen LogP contribution in [0, 0.1) is 5.82 Å². The first kappa shape index (κ1) is 13.4. The van der Waals surface area contributed by atoms with Crippen molar-refractivity contribution in [3.05, 3.63) is 23.9 Å². The molecule has 0 spiro atoms. The molecule has 1 aromatic heterocycles. The van der Waals surface area contributed by atoms with E-state index in [0.717, 1.165) is 0 Å². The zero-order valence-electron chi connectivity index (χ0n) is 9.29. The Morgan fingerprint density at radius 3 is 2.74 bits per heavy atom. The smallest absolute Gasteiger partial charge is 0.397 e. The first-order valence-electron chi connectivity index (χ1n) is 5.09. The maximum Gasteiger partial charge on any atom is 0.491 e. The molecular weight excluding hydrogens is 270 g/mol. The van der Waals surface area contributed by atoms with Crippen LogP contribution in [0.5, 0.6) is 5.88 Å². The van der Waals surface area contributed by atoms with Crippen molar-refractivity contribution in [2.75, 3.05) is 13.1 Å². The third-order valence-electron chi connectivity index (χ3n) is 2.23. The van der Waals surface area contributed by atoms with Crippen molar-refractivity contribution < 1.29 is 27.1 Å². The average Bonchev–Trinajstić information content (AvgIpc) is 2.84. The summed E-state index contributed by atoms with van der Waals surface area (Å²) in [6, 6.07) is 0. The molecule has 0 saturated carbocycles. The van der Waals surface area contributed by atoms with Gasteiger partial charge in [0.25, 0.3) is 5.88 Å². The summed E-state index contributed by atoms with van der Waals surface area (Å²) in [6.45, 7) is 0.950. The zero-order valence-corrected chi connectivity index (χ0v) is 9.29. The minimum atomic E-state index is -5.22. The van der Waals surface area contributed by atoms with Crippen LogP contribution >= 0.6 is 0 Å². The standard InChI is InChI=1S/C10H7F4N3O2/c11-6-4-16-7(5-1-2-15-3-5)17-8(6)19-9(18)10(12,13)14/h1,4,15H,2-3H2. The maximum absolute atomic E-state index is 13.2. The van der Waals surface area contributed by atoms with Crippen molar-refractivity contribution >= 4 is 11.5 Å². The number of alkyl halides is 3. The van der Waals surface area contributed by atoms with E-state index in [1.807, 2.05) is 0 Å². The lowest BCUT2D eigenvalue weighted by Gasteiger charge is -2.08. The predicted molar refractivity (Wildman–Crippen MR) is 54.5 cm³/mol. The normalized spacial score (nSPS) is 15.3. The van der Waals surface area contributed by atoms with Gasteiger partial charge in [-0.05, 0) is 0 Å². The molecule has 19 heavy (non-hydrogen) atoms. The molecule has 1 N–H and O–H groups in total. The van der Waals surface area contributed by atoms with Crippen molar-refractivity contribution in [2.45, 2.75) is 6.18 Å². The SMILES string of the molecule is O=C(Oc1nc(C2=CCNC2)ncc1F)C(F)(F)F. The molecule has 1 aromatic rings. The van der Waals surface area contributed by atoms with Gasteiger partial charge < -0.3 is 10.1 Å². The lowest BCUT2D eigenvalue weighted by Crippen LogP contribution is -2.28. The molecule has 0 radical (unpaired) electrons. The Bertz CT molecular complexity index is 542. The largest absolute Gasteiger partial charge is 0.491 e. The monoisotopic (exact) mass is 277 g/mol. The van der Waals surface area contributed by atoms with Crippen LogP contribution in [-0.2, 0) is 4.79 Å². The number of esters is 1. The van der Waals surface area contributed by atoms with Crippen molar-refractivity contribution in [2.24, 2.45) is 0 Å². The van der Waals surface area contributed by atoms with E-state index in [0.29, 0.717) is 24.9 Å². The molecule has 5 nitrogen and oxygen atoms in total. The number of carbonyl (C=O) groups excluding carboxylic acids is 1. The van der Waals surface area contributed by atoms with Gasteiger partial charge in [-0.15, -0.1) is 0 Å². The van der Waals surface area contributed by atoms with Gasteiger partial charge in [0, 0.05) is 18.7 Å². The van der Waals surface area contributed by atoms with E-state index in [1.54, 1.807) is 6.08 Å². The van der Waals surface area contributed by atoms with E-state index >= 15 is 0 Å². The van der Waals surface area contributed by atoms with E-state index in [4.69, 9.17) is 0 Å². The van der Waals surface area contributed by atoms with Crippen LogP contribution in [0.3, 0.4) is 0 Å². The number of nitrogens with zero attached hydrogens (tertiary/aromatic N) is 2. The third kappa shape index (κ3) is 3.05. The molecule has 0 saturated heterocycles. The molecule has 0 aliphatic carbocycles. The van der Waals surface area contributed by atoms with Gasteiger partial charge in [-0.25, -0.2) is 9.78 Å². The summed E-state index contributed by atoms with van der Waals surface area (Å²) < 4.78 is 53.1. The number of aromatic nitrogens is 2. The molecular formula is C10H7F4N3O2. The number of halogens is 4. The molecule has 9 heteroatoms. The zero-order chi connectivity index (χ0) is 14.0. The molecule has 0 atom stereocenters. The van der Waals surface area contributed by atoms with Crippen LogP contribution in [0.4, 0.5) is 17.6 Å². The Hall–Kier alpha value is -2.03. The molecule has 0 aromatic carbocycles. The minimum absolute atomic E-state index is 0.0105. The summed E-state index contributed by atoms with van der Waals surface area (Å²) in [5.41, 5.74) is 0.587. The Kier molecular flexibility index (Phi) is 3.47. The fraction of sp³-hybridized carbons (Fsp3) is 0.300. The van der Waals surface area contributed by atoms with Crippen LogP contribution < -0.4 is 10.1 Å². The summed E-state index contributed by atoms with van der Waals surface area (Å²) in [5.74, 6) is -4.81. The highest BCUT2D eigenvalue weighted by Crippen LogP contribution is 2.22. The highest BCUT2D eigenvalue weighted by atomic mass is 19.4. The van der Waals surface area contributed by atoms with Crippen LogP contribution in [0.2, 0.25) is 0 Å². The highest BCUT2D eigenvalue weighted by molar-refractivity contribution is 5.77. The fourth-order valence-electron chi connectivity index (χ4n) is 1.37. The molecule has 0 amide bonds. The summed E-state index contributed by atoms with van der Waals surface area (Å²) >= 11 is 0. The van der Waals surface area contributed by atoms with Gasteiger partial charge >= 0.3 is 12.1 Å². The second kappa shape index (κ2) is 4.92. The van der Waals surface area contributed by atoms with Gasteiger partial charge in [0.2, 0.25) is 5.82 Å². The first-order chi connectivity index (χ1) is 8.88. The van der Waals surface area contributed by atoms with Crippen LogP contribution in [0.25, 0.3) is 5.57 Å². The Morgan fingerprint density at radius 2 is 2.16 bits per heavy atom. The van der Waals surface area contributed by atoms with Crippen molar-refractivity contribution in [1.29, 1.82) is 0 Å². The number of nitrogens with one attached hydrogen (secondary N) is 1. The van der Waals surface area contributed by atoms with Crippen molar-refractivity contribution in [3.8, 4) is 5.88 Å². The Balaban J connectivity index is 2.25. The third-order valence-corrected chi connectivity index (χ3v) is 2.23. The summed E-state index contributed by atoms with van der Waals surface area (Å²) in [7, 11) is 0. The Morgan fingerprint density at radius 1 is 1.42 bits per heavy atom. The second-order valence-electron chi connectivity index (χ2n) is 3.59. The number of ether oxygens (including phenoxy) is 1. The maximum atomic E-state index is 13.2. The molecule has 0 fully saturated rings. The Labute approximate surface area is 104 Å². The fourth-order valence-corrected chi connectivity index (χ4v) is 1.37. The van der Waals surface area contributed by atoms with Gasteiger partial charge in [-0.2, -0.15) is 22.5 Å². The van der Waals surface area contributed by atoms with Crippen LogP contribution in [0.15, 0.2) is 12.3 Å². The van der Waals surface area contributed by atoms with E-state index in [2.05, 4.69) is 20.0 Å². The lowest BCUT2D eigenvalue weighted by atomic mass is 10.2. The second-order valence-corrected chi connectivity index (χ2v) is 3.59. The first-order valence-corrected chi connectivity index (χ1v) is 5.09. The average molecular weight is 277 g/mol. The van der Waals surface area contributed by atoms with Gasteiger partial charge in [-0.3, -0.25) is 0 Å². The summed E-state index contributed by atoms with van der Waals surface area (Å²) in [6.07, 6.45) is -2.87. The van der Waals surface area contributed by atoms with Gasteiger partial charge in [0.05, 0.1) is 6.20 Å². The molecule has 102 valence electrons. The lowest BCUT2D eigenvalue weighted by molar-refractivity contribution is -0.190. The van der Waals surface area contributed by atoms with Gasteiger partial charge in [-0.1, -0.05) is 6.08 Å². The highest BCUT2D eigenvalue weighted by Gasteiger charge is 2.42. The molecule has 0 bridgehead atoms. The van der Waals surface area contributed by atoms with Crippen LogP contribution in [0.1, 0.15) is 5.82 Å². The predicted octanol–water partition coefficient (Wildman–Crippen LogP) is 1.07. The van der Waals surface area contributed by atoms with E-state index < -0.39 is 23.8 Å². The van der Waals surface area contributed by atoms with E-state index in [9.17, 15) is 22.4 Å². The molecule has 2 heterocycles. The van der Waals surface area contributed by atoms with Gasteiger partial charge in [0.15, 0.2) is 5.82 Å². The van der Waals surface area contributed by atoms with Gasteiger partial charge in [0.1, 0.15) is 0 Å².